The van der Waals surface area contributed by atoms with Gasteiger partial charge in [-0.15, -0.1) is 0 Å². The highest BCUT2D eigenvalue weighted by Crippen LogP contribution is 2.58. The first-order valence-corrected chi connectivity index (χ1v) is 6.98. The first-order valence-electron chi connectivity index (χ1n) is 6.16. The van der Waals surface area contributed by atoms with E-state index in [0.717, 1.165) is 12.1 Å². The van der Waals surface area contributed by atoms with E-state index in [-0.39, 0.29) is 12.2 Å². The maximum absolute atomic E-state index is 14.5. The van der Waals surface area contributed by atoms with E-state index in [0.29, 0.717) is 22.7 Å². The number of hydrogen-bond acceptors (Lipinski definition) is 2. The monoisotopic (exact) mass is 314 g/mol. The standard InChI is InChI=1S/C15H10F4OS/c16-10-6-7-12(13(17)8-10)14(9-20-14)15(18,19)21-11-4-2-1-3-5-11/h1-8H,9H2. The van der Waals surface area contributed by atoms with Crippen LogP contribution < -0.4 is 0 Å². The van der Waals surface area contributed by atoms with Crippen LogP contribution >= 0.6 is 11.8 Å². The highest BCUT2D eigenvalue weighted by molar-refractivity contribution is 8.00. The Balaban J connectivity index is 1.94. The van der Waals surface area contributed by atoms with Gasteiger partial charge in [-0.2, -0.15) is 8.78 Å². The number of halogens is 4. The molecule has 1 nitrogen and oxygen atoms in total. The second-order valence-corrected chi connectivity index (χ2v) is 5.86. The van der Waals surface area contributed by atoms with E-state index in [2.05, 4.69) is 0 Å². The van der Waals surface area contributed by atoms with E-state index in [1.54, 1.807) is 18.2 Å². The van der Waals surface area contributed by atoms with Crippen molar-refractivity contribution < 1.29 is 22.3 Å². The predicted octanol–water partition coefficient (Wildman–Crippen LogP) is 4.58. The van der Waals surface area contributed by atoms with Crippen molar-refractivity contribution in [3.8, 4) is 0 Å². The van der Waals surface area contributed by atoms with Crippen molar-refractivity contribution in [3.63, 3.8) is 0 Å². The van der Waals surface area contributed by atoms with E-state index < -0.39 is 22.5 Å². The molecule has 1 atom stereocenters. The SMILES string of the molecule is Fc1ccc(C2(C(F)(F)Sc3ccccc3)CO2)c(F)c1. The normalized spacial score (nSPS) is 21.3. The van der Waals surface area contributed by atoms with Crippen LogP contribution in [0.15, 0.2) is 53.4 Å². The molecule has 0 bridgehead atoms. The number of benzene rings is 2. The molecule has 6 heteroatoms. The van der Waals surface area contributed by atoms with Gasteiger partial charge in [-0.3, -0.25) is 0 Å². The quantitative estimate of drug-likeness (QED) is 0.465. The highest BCUT2D eigenvalue weighted by atomic mass is 32.2. The average Bonchev–Trinajstić information content (AvgIpc) is 3.21. The van der Waals surface area contributed by atoms with Gasteiger partial charge in [-0.1, -0.05) is 18.2 Å². The highest BCUT2D eigenvalue weighted by Gasteiger charge is 2.67. The lowest BCUT2D eigenvalue weighted by atomic mass is 9.99. The first-order chi connectivity index (χ1) is 9.95. The summed E-state index contributed by atoms with van der Waals surface area (Å²) in [6.45, 7) is -0.303. The summed E-state index contributed by atoms with van der Waals surface area (Å²) >= 11 is 0.304. The molecule has 1 unspecified atom stereocenters. The van der Waals surface area contributed by atoms with Crippen LogP contribution in [0.1, 0.15) is 5.56 Å². The zero-order valence-electron chi connectivity index (χ0n) is 10.7. The van der Waals surface area contributed by atoms with Crippen molar-refractivity contribution >= 4 is 11.8 Å². The third-order valence-electron chi connectivity index (χ3n) is 3.26. The Labute approximate surface area is 122 Å². The Kier molecular flexibility index (Phi) is 3.45. The lowest BCUT2D eigenvalue weighted by Crippen LogP contribution is -2.32. The third-order valence-corrected chi connectivity index (χ3v) is 4.35. The van der Waals surface area contributed by atoms with Gasteiger partial charge in [0.25, 0.3) is 0 Å². The molecule has 0 radical (unpaired) electrons. The van der Waals surface area contributed by atoms with E-state index in [4.69, 9.17) is 4.74 Å². The Morgan fingerprint density at radius 1 is 1.05 bits per heavy atom. The van der Waals surface area contributed by atoms with Crippen LogP contribution in [0.3, 0.4) is 0 Å². The van der Waals surface area contributed by atoms with Crippen LogP contribution in [0, 0.1) is 11.6 Å². The van der Waals surface area contributed by atoms with Gasteiger partial charge in [0.1, 0.15) is 11.6 Å². The van der Waals surface area contributed by atoms with Crippen LogP contribution in [0.25, 0.3) is 0 Å². The van der Waals surface area contributed by atoms with Crippen LogP contribution in [0.4, 0.5) is 17.6 Å². The third kappa shape index (κ3) is 2.53. The van der Waals surface area contributed by atoms with Crippen molar-refractivity contribution in [1.82, 2.24) is 0 Å². The summed E-state index contributed by atoms with van der Waals surface area (Å²) in [5.41, 5.74) is -2.36. The van der Waals surface area contributed by atoms with Gasteiger partial charge in [0.15, 0.2) is 5.60 Å². The van der Waals surface area contributed by atoms with Crippen molar-refractivity contribution in [2.45, 2.75) is 15.8 Å². The molecule has 0 aliphatic carbocycles. The molecule has 1 aliphatic heterocycles. The molecule has 2 aromatic rings. The molecule has 1 fully saturated rings. The maximum atomic E-state index is 14.5. The maximum Gasteiger partial charge on any atom is 0.333 e. The van der Waals surface area contributed by atoms with E-state index >= 15 is 0 Å². The van der Waals surface area contributed by atoms with Gasteiger partial charge in [0, 0.05) is 16.5 Å². The molecule has 0 saturated carbocycles. The zero-order chi connectivity index (χ0) is 15.1. The summed E-state index contributed by atoms with van der Waals surface area (Å²) in [5.74, 6) is -1.84. The lowest BCUT2D eigenvalue weighted by molar-refractivity contribution is 0.00777. The van der Waals surface area contributed by atoms with Crippen LogP contribution in [-0.2, 0) is 10.3 Å². The molecule has 1 aliphatic rings. The Bertz CT molecular complexity index is 656. The van der Waals surface area contributed by atoms with Crippen molar-refractivity contribution in [2.75, 3.05) is 6.61 Å². The Hall–Kier alpha value is -1.53. The molecule has 1 saturated heterocycles. The summed E-state index contributed by atoms with van der Waals surface area (Å²) in [7, 11) is 0. The molecule has 2 aromatic carbocycles. The molecule has 0 spiro atoms. The van der Waals surface area contributed by atoms with E-state index in [1.807, 2.05) is 0 Å². The number of epoxide rings is 1. The fourth-order valence-electron chi connectivity index (χ4n) is 2.09. The predicted molar refractivity (Wildman–Crippen MR) is 71.2 cm³/mol. The Morgan fingerprint density at radius 2 is 1.71 bits per heavy atom. The van der Waals surface area contributed by atoms with Crippen molar-refractivity contribution in [1.29, 1.82) is 0 Å². The van der Waals surface area contributed by atoms with Gasteiger partial charge >= 0.3 is 5.25 Å². The molecule has 1 heterocycles. The summed E-state index contributed by atoms with van der Waals surface area (Å²) in [4.78, 5) is 0.347. The van der Waals surface area contributed by atoms with Crippen LogP contribution in [-0.4, -0.2) is 11.9 Å². The number of hydrogen-bond donors (Lipinski definition) is 0. The number of alkyl halides is 2. The van der Waals surface area contributed by atoms with Crippen molar-refractivity contribution in [2.24, 2.45) is 0 Å². The topological polar surface area (TPSA) is 12.5 Å². The zero-order valence-corrected chi connectivity index (χ0v) is 11.5. The number of thioether (sulfide) groups is 1. The smallest absolute Gasteiger partial charge is 0.333 e. The first kappa shape index (κ1) is 14.4. The van der Waals surface area contributed by atoms with E-state index in [1.165, 1.54) is 12.1 Å². The van der Waals surface area contributed by atoms with Crippen LogP contribution in [0.2, 0.25) is 0 Å². The van der Waals surface area contributed by atoms with Crippen molar-refractivity contribution in [3.05, 3.63) is 65.7 Å². The summed E-state index contributed by atoms with van der Waals surface area (Å²) in [6.07, 6.45) is 0. The molecule has 0 amide bonds. The molecule has 21 heavy (non-hydrogen) atoms. The van der Waals surface area contributed by atoms with Gasteiger partial charge in [0.2, 0.25) is 0 Å². The number of rotatable bonds is 4. The molecule has 0 N–H and O–H groups in total. The fourth-order valence-corrected chi connectivity index (χ4v) is 3.07. The van der Waals surface area contributed by atoms with E-state index in [9.17, 15) is 17.6 Å². The summed E-state index contributed by atoms with van der Waals surface area (Å²) in [5, 5.41) is -3.37. The van der Waals surface area contributed by atoms with Gasteiger partial charge in [0.05, 0.1) is 6.61 Å². The molecule has 110 valence electrons. The molecule has 3 rings (SSSR count). The van der Waals surface area contributed by atoms with Gasteiger partial charge < -0.3 is 4.74 Å². The molecular formula is C15H10F4OS. The summed E-state index contributed by atoms with van der Waals surface area (Å²) in [6, 6.07) is 10.6. The number of ether oxygens (including phenoxy) is 1. The van der Waals surface area contributed by atoms with Gasteiger partial charge in [-0.05, 0) is 36.0 Å². The minimum absolute atomic E-state index is 0.303. The van der Waals surface area contributed by atoms with Crippen LogP contribution in [0.5, 0.6) is 0 Å². The minimum Gasteiger partial charge on any atom is -0.357 e. The van der Waals surface area contributed by atoms with Gasteiger partial charge in [-0.25, -0.2) is 8.78 Å². The second-order valence-electron chi connectivity index (χ2n) is 4.67. The molecular weight excluding hydrogens is 304 g/mol. The lowest BCUT2D eigenvalue weighted by Gasteiger charge is -2.24. The minimum atomic E-state index is -3.37. The average molecular weight is 314 g/mol. The fraction of sp³-hybridized carbons (Fsp3) is 0.200. The summed E-state index contributed by atoms with van der Waals surface area (Å²) < 4.78 is 60.6. The largest absolute Gasteiger partial charge is 0.357 e. The second kappa shape index (κ2) is 5.03. The Morgan fingerprint density at radius 3 is 2.29 bits per heavy atom. The molecule has 0 aromatic heterocycles.